The lowest BCUT2D eigenvalue weighted by molar-refractivity contribution is -0.122. The summed E-state index contributed by atoms with van der Waals surface area (Å²) in [5.41, 5.74) is 3.70. The third-order valence-corrected chi connectivity index (χ3v) is 5.95. The van der Waals surface area contributed by atoms with Crippen molar-refractivity contribution in [2.45, 2.75) is 25.5 Å². The van der Waals surface area contributed by atoms with E-state index in [9.17, 15) is 9.59 Å². The van der Waals surface area contributed by atoms with E-state index in [2.05, 4.69) is 15.6 Å². The van der Waals surface area contributed by atoms with E-state index in [4.69, 9.17) is 0 Å². The number of aryl methyl sites for hydroxylation is 2. The lowest BCUT2D eigenvalue weighted by Crippen LogP contribution is -2.28. The molecule has 6 heteroatoms. The highest BCUT2D eigenvalue weighted by Crippen LogP contribution is 2.29. The number of benzene rings is 3. The van der Waals surface area contributed by atoms with E-state index in [1.165, 1.54) is 11.8 Å². The van der Waals surface area contributed by atoms with Crippen molar-refractivity contribution >= 4 is 50.9 Å². The minimum atomic E-state index is -0.493. The number of amides is 2. The minimum absolute atomic E-state index is 0.0888. The summed E-state index contributed by atoms with van der Waals surface area (Å²) in [6.07, 6.45) is 0.0888. The maximum atomic E-state index is 12.6. The Labute approximate surface area is 173 Å². The molecule has 4 rings (SSSR count). The molecule has 0 saturated carbocycles. The standard InChI is InChI=1S/C23H21N3O2S/c1-14-7-5-8-15(2)21(14)25-23-26-22(28)19(29-23)13-20(27)24-18-12-6-10-16-9-3-4-11-17(16)18/h3-12,19H,13H2,1-2H3,(H,24,27)(H,25,26,28)/t19-/m0/s1. The average Bonchev–Trinajstić information content (AvgIpc) is 3.04. The molecule has 146 valence electrons. The predicted molar refractivity (Wildman–Crippen MR) is 120 cm³/mol. The van der Waals surface area contributed by atoms with E-state index in [0.717, 1.165) is 33.3 Å². The Hall–Kier alpha value is -3.12. The molecule has 1 saturated heterocycles. The van der Waals surface area contributed by atoms with Gasteiger partial charge in [0.1, 0.15) is 5.25 Å². The Morgan fingerprint density at radius 3 is 2.52 bits per heavy atom. The molecule has 0 bridgehead atoms. The molecule has 0 unspecified atom stereocenters. The normalized spacial score (nSPS) is 17.5. The van der Waals surface area contributed by atoms with Crippen LogP contribution < -0.4 is 10.6 Å². The molecule has 0 radical (unpaired) electrons. The van der Waals surface area contributed by atoms with Gasteiger partial charge in [0.05, 0.1) is 5.69 Å². The second-order valence-electron chi connectivity index (χ2n) is 7.03. The Morgan fingerprint density at radius 1 is 1.03 bits per heavy atom. The van der Waals surface area contributed by atoms with Crippen LogP contribution in [0.4, 0.5) is 11.4 Å². The van der Waals surface area contributed by atoms with Crippen LogP contribution >= 0.6 is 11.8 Å². The van der Waals surface area contributed by atoms with Crippen LogP contribution in [0.2, 0.25) is 0 Å². The van der Waals surface area contributed by atoms with Gasteiger partial charge in [-0.25, -0.2) is 4.99 Å². The molecule has 1 fully saturated rings. The highest BCUT2D eigenvalue weighted by atomic mass is 32.2. The molecule has 1 heterocycles. The molecule has 3 aromatic rings. The molecule has 1 aliphatic rings. The average molecular weight is 404 g/mol. The number of anilines is 1. The zero-order valence-corrected chi connectivity index (χ0v) is 17.0. The van der Waals surface area contributed by atoms with E-state index in [0.29, 0.717) is 5.17 Å². The van der Waals surface area contributed by atoms with E-state index < -0.39 is 5.25 Å². The van der Waals surface area contributed by atoms with Crippen LogP contribution in [0, 0.1) is 13.8 Å². The van der Waals surface area contributed by atoms with Crippen molar-refractivity contribution in [1.82, 2.24) is 5.32 Å². The van der Waals surface area contributed by atoms with Gasteiger partial charge in [-0.2, -0.15) is 0 Å². The summed E-state index contributed by atoms with van der Waals surface area (Å²) in [5.74, 6) is -0.379. The largest absolute Gasteiger partial charge is 0.325 e. The van der Waals surface area contributed by atoms with Gasteiger partial charge < -0.3 is 10.6 Å². The number of hydrogen-bond acceptors (Lipinski definition) is 4. The van der Waals surface area contributed by atoms with Crippen molar-refractivity contribution in [2.24, 2.45) is 4.99 Å². The van der Waals surface area contributed by atoms with E-state index >= 15 is 0 Å². The fraction of sp³-hybridized carbons (Fsp3) is 0.174. The summed E-state index contributed by atoms with van der Waals surface area (Å²) < 4.78 is 0. The van der Waals surface area contributed by atoms with Gasteiger partial charge in [-0.3, -0.25) is 9.59 Å². The molecule has 0 aromatic heterocycles. The summed E-state index contributed by atoms with van der Waals surface area (Å²) in [6.45, 7) is 3.98. The van der Waals surface area contributed by atoms with Crippen LogP contribution in [0.15, 0.2) is 65.7 Å². The van der Waals surface area contributed by atoms with Gasteiger partial charge in [0, 0.05) is 17.5 Å². The Bertz CT molecular complexity index is 1110. The number of rotatable bonds is 4. The number of thioether (sulfide) groups is 1. The first-order chi connectivity index (χ1) is 14.0. The van der Waals surface area contributed by atoms with Gasteiger partial charge in [-0.1, -0.05) is 66.4 Å². The number of para-hydroxylation sites is 1. The number of fused-ring (bicyclic) bond motifs is 1. The predicted octanol–water partition coefficient (Wildman–Crippen LogP) is 4.70. The molecule has 2 amide bonds. The highest BCUT2D eigenvalue weighted by Gasteiger charge is 2.32. The topological polar surface area (TPSA) is 70.6 Å². The summed E-state index contributed by atoms with van der Waals surface area (Å²) >= 11 is 1.30. The SMILES string of the molecule is Cc1cccc(C)c1N=C1NC(=O)[C@H](CC(=O)Nc2cccc3ccccc23)S1. The summed E-state index contributed by atoms with van der Waals surface area (Å²) in [6, 6.07) is 19.6. The minimum Gasteiger partial charge on any atom is -0.325 e. The lowest BCUT2D eigenvalue weighted by Gasteiger charge is -2.10. The fourth-order valence-corrected chi connectivity index (χ4v) is 4.35. The monoisotopic (exact) mass is 403 g/mol. The maximum absolute atomic E-state index is 12.6. The number of nitrogens with one attached hydrogen (secondary N) is 2. The number of carbonyl (C=O) groups is 2. The smallest absolute Gasteiger partial charge is 0.240 e. The molecule has 1 aliphatic heterocycles. The number of aliphatic imine (C=N–C) groups is 1. The van der Waals surface area contributed by atoms with Gasteiger partial charge in [0.2, 0.25) is 11.8 Å². The number of carbonyl (C=O) groups excluding carboxylic acids is 2. The summed E-state index contributed by atoms with van der Waals surface area (Å²) in [4.78, 5) is 29.5. The molecule has 29 heavy (non-hydrogen) atoms. The quantitative estimate of drug-likeness (QED) is 0.663. The zero-order valence-electron chi connectivity index (χ0n) is 16.2. The van der Waals surface area contributed by atoms with E-state index in [1.807, 2.05) is 74.5 Å². The molecule has 5 nitrogen and oxygen atoms in total. The first-order valence-electron chi connectivity index (χ1n) is 9.41. The Morgan fingerprint density at radius 2 is 1.72 bits per heavy atom. The van der Waals surface area contributed by atoms with Crippen LogP contribution in [-0.2, 0) is 9.59 Å². The maximum Gasteiger partial charge on any atom is 0.240 e. The third-order valence-electron chi connectivity index (χ3n) is 4.86. The van der Waals surface area contributed by atoms with Gasteiger partial charge in [0.15, 0.2) is 5.17 Å². The molecular formula is C23H21N3O2S. The number of hydrogen-bond donors (Lipinski definition) is 2. The number of nitrogens with zero attached hydrogens (tertiary/aromatic N) is 1. The van der Waals surface area contributed by atoms with Crippen LogP contribution in [0.3, 0.4) is 0 Å². The summed E-state index contributed by atoms with van der Waals surface area (Å²) in [7, 11) is 0. The first kappa shape index (κ1) is 19.2. The molecule has 0 spiro atoms. The van der Waals surface area contributed by atoms with Crippen LogP contribution in [-0.4, -0.2) is 22.2 Å². The Kier molecular flexibility index (Phi) is 5.36. The number of amidine groups is 1. The van der Waals surface area contributed by atoms with Gasteiger partial charge in [-0.15, -0.1) is 0 Å². The third kappa shape index (κ3) is 4.17. The van der Waals surface area contributed by atoms with E-state index in [-0.39, 0.29) is 18.2 Å². The van der Waals surface area contributed by atoms with Gasteiger partial charge in [0.25, 0.3) is 0 Å². The Balaban J connectivity index is 1.46. The molecule has 0 aliphatic carbocycles. The van der Waals surface area contributed by atoms with Crippen molar-refractivity contribution in [3.8, 4) is 0 Å². The molecule has 3 aromatic carbocycles. The fourth-order valence-electron chi connectivity index (χ4n) is 3.38. The lowest BCUT2D eigenvalue weighted by atomic mass is 10.1. The van der Waals surface area contributed by atoms with Crippen molar-refractivity contribution in [3.05, 3.63) is 71.8 Å². The van der Waals surface area contributed by atoms with Crippen molar-refractivity contribution < 1.29 is 9.59 Å². The molecular weight excluding hydrogens is 382 g/mol. The first-order valence-corrected chi connectivity index (χ1v) is 10.3. The van der Waals surface area contributed by atoms with Crippen LogP contribution in [0.5, 0.6) is 0 Å². The molecule has 2 N–H and O–H groups in total. The second kappa shape index (κ2) is 8.09. The van der Waals surface area contributed by atoms with Crippen molar-refractivity contribution in [2.75, 3.05) is 5.32 Å². The highest BCUT2D eigenvalue weighted by molar-refractivity contribution is 8.15. The zero-order chi connectivity index (χ0) is 20.4. The van der Waals surface area contributed by atoms with Crippen LogP contribution in [0.1, 0.15) is 17.5 Å². The second-order valence-corrected chi connectivity index (χ2v) is 8.22. The summed E-state index contributed by atoms with van der Waals surface area (Å²) in [5, 5.41) is 7.82. The van der Waals surface area contributed by atoms with Crippen molar-refractivity contribution in [1.29, 1.82) is 0 Å². The van der Waals surface area contributed by atoms with Crippen LogP contribution in [0.25, 0.3) is 10.8 Å². The van der Waals surface area contributed by atoms with Crippen molar-refractivity contribution in [3.63, 3.8) is 0 Å². The van der Waals surface area contributed by atoms with E-state index in [1.54, 1.807) is 0 Å². The van der Waals surface area contributed by atoms with Gasteiger partial charge in [-0.05, 0) is 36.4 Å². The molecule has 1 atom stereocenters. The van der Waals surface area contributed by atoms with Gasteiger partial charge >= 0.3 is 0 Å².